The average molecular weight is 416 g/mol. The first kappa shape index (κ1) is 17.9. The third-order valence-electron chi connectivity index (χ3n) is 3.91. The molecular weight excluding hydrogens is 398 g/mol. The van der Waals surface area contributed by atoms with E-state index in [1.165, 1.54) is 17.3 Å². The quantitative estimate of drug-likeness (QED) is 0.438. The molecule has 0 aliphatic rings. The Labute approximate surface area is 159 Å². The van der Waals surface area contributed by atoms with Gasteiger partial charge in [0.1, 0.15) is 5.82 Å². The molecule has 0 saturated carbocycles. The number of ketones is 1. The molecule has 0 N–H and O–H groups in total. The van der Waals surface area contributed by atoms with Crippen molar-refractivity contribution in [2.24, 2.45) is 7.05 Å². The van der Waals surface area contributed by atoms with Gasteiger partial charge in [-0.1, -0.05) is 70.2 Å². The Kier molecular flexibility index (Phi) is 5.71. The fraction of sp³-hybridized carbons (Fsp3) is 0.211. The van der Waals surface area contributed by atoms with Crippen LogP contribution in [0.1, 0.15) is 28.7 Å². The minimum Gasteiger partial charge on any atom is -0.309 e. The number of Topliss-reactive ketones (excluding diaryl/α,β-unsaturated/α-hetero) is 1. The summed E-state index contributed by atoms with van der Waals surface area (Å²) in [5.74, 6) is 0.974. The summed E-state index contributed by atoms with van der Waals surface area (Å²) in [6.45, 7) is 1.90. The number of benzene rings is 2. The number of aromatic nitrogens is 3. The van der Waals surface area contributed by atoms with Crippen molar-refractivity contribution in [2.45, 2.75) is 23.8 Å². The monoisotopic (exact) mass is 415 g/mol. The minimum absolute atomic E-state index is 0.0881. The first-order chi connectivity index (χ1) is 12.0. The second kappa shape index (κ2) is 7.97. The Bertz CT molecular complexity index is 862. The van der Waals surface area contributed by atoms with E-state index in [2.05, 4.69) is 38.3 Å². The van der Waals surface area contributed by atoms with Gasteiger partial charge >= 0.3 is 0 Å². The van der Waals surface area contributed by atoms with E-state index in [-0.39, 0.29) is 11.0 Å². The predicted octanol–water partition coefficient (Wildman–Crippen LogP) is 4.53. The fourth-order valence-electron chi connectivity index (χ4n) is 2.44. The molecule has 25 heavy (non-hydrogen) atoms. The van der Waals surface area contributed by atoms with Gasteiger partial charge in [-0.25, -0.2) is 0 Å². The Balaban J connectivity index is 1.70. The Morgan fingerprint density at radius 3 is 2.48 bits per heavy atom. The number of carbonyl (C=O) groups is 1. The summed E-state index contributed by atoms with van der Waals surface area (Å²) in [5.41, 5.74) is 1.89. The zero-order chi connectivity index (χ0) is 17.8. The molecule has 0 fully saturated rings. The Morgan fingerprint density at radius 2 is 1.80 bits per heavy atom. The molecule has 0 saturated heterocycles. The van der Waals surface area contributed by atoms with Crippen molar-refractivity contribution >= 4 is 33.5 Å². The standard InChI is InChI=1S/C19H18BrN3OS/c1-13(18(24)15-8-10-16(20)11-9-15)25-19-22-21-17(23(19)2)12-14-6-4-3-5-7-14/h3-11,13H,12H2,1-2H3/t13-/m1/s1. The molecule has 0 amide bonds. The number of hydrogen-bond acceptors (Lipinski definition) is 4. The van der Waals surface area contributed by atoms with Crippen LogP contribution in [-0.4, -0.2) is 25.8 Å². The van der Waals surface area contributed by atoms with Crippen molar-refractivity contribution in [1.29, 1.82) is 0 Å². The summed E-state index contributed by atoms with van der Waals surface area (Å²) in [4.78, 5) is 12.6. The molecule has 0 radical (unpaired) electrons. The maximum Gasteiger partial charge on any atom is 0.191 e. The zero-order valence-electron chi connectivity index (χ0n) is 14.0. The average Bonchev–Trinajstić information content (AvgIpc) is 2.96. The van der Waals surface area contributed by atoms with E-state index in [0.29, 0.717) is 5.56 Å². The van der Waals surface area contributed by atoms with Crippen LogP contribution in [-0.2, 0) is 13.5 Å². The molecule has 1 aromatic heterocycles. The third-order valence-corrected chi connectivity index (χ3v) is 5.57. The van der Waals surface area contributed by atoms with Crippen molar-refractivity contribution in [3.05, 3.63) is 76.0 Å². The van der Waals surface area contributed by atoms with Crippen molar-refractivity contribution in [3.8, 4) is 0 Å². The molecule has 1 heterocycles. The number of nitrogens with zero attached hydrogens (tertiary/aromatic N) is 3. The molecule has 3 aromatic rings. The second-order valence-electron chi connectivity index (χ2n) is 5.75. The van der Waals surface area contributed by atoms with Crippen LogP contribution in [0.5, 0.6) is 0 Å². The van der Waals surface area contributed by atoms with E-state index in [1.54, 1.807) is 0 Å². The Hall–Kier alpha value is -1.92. The lowest BCUT2D eigenvalue weighted by atomic mass is 10.1. The Morgan fingerprint density at radius 1 is 1.12 bits per heavy atom. The highest BCUT2D eigenvalue weighted by Crippen LogP contribution is 2.25. The molecule has 0 spiro atoms. The van der Waals surface area contributed by atoms with E-state index in [9.17, 15) is 4.79 Å². The van der Waals surface area contributed by atoms with E-state index >= 15 is 0 Å². The lowest BCUT2D eigenvalue weighted by Crippen LogP contribution is -2.14. The lowest BCUT2D eigenvalue weighted by Gasteiger charge is -2.10. The predicted molar refractivity (Wildman–Crippen MR) is 104 cm³/mol. The summed E-state index contributed by atoms with van der Waals surface area (Å²) >= 11 is 4.82. The molecular formula is C19H18BrN3OS. The minimum atomic E-state index is -0.228. The summed E-state index contributed by atoms with van der Waals surface area (Å²) < 4.78 is 2.92. The molecule has 3 rings (SSSR count). The van der Waals surface area contributed by atoms with Gasteiger partial charge in [0.05, 0.1) is 5.25 Å². The van der Waals surface area contributed by atoms with Crippen LogP contribution in [0.3, 0.4) is 0 Å². The van der Waals surface area contributed by atoms with Gasteiger partial charge in [0.2, 0.25) is 0 Å². The maximum atomic E-state index is 12.6. The van der Waals surface area contributed by atoms with E-state index in [4.69, 9.17) is 0 Å². The van der Waals surface area contributed by atoms with E-state index in [1.807, 2.05) is 61.0 Å². The number of carbonyl (C=O) groups excluding carboxylic acids is 1. The highest BCUT2D eigenvalue weighted by atomic mass is 79.9. The first-order valence-electron chi connectivity index (χ1n) is 7.93. The number of thioether (sulfide) groups is 1. The molecule has 0 aliphatic heterocycles. The van der Waals surface area contributed by atoms with Gasteiger partial charge in [-0.3, -0.25) is 4.79 Å². The van der Waals surface area contributed by atoms with E-state index < -0.39 is 0 Å². The van der Waals surface area contributed by atoms with Crippen LogP contribution >= 0.6 is 27.7 Å². The van der Waals surface area contributed by atoms with Crippen molar-refractivity contribution in [2.75, 3.05) is 0 Å². The SMILES string of the molecule is C[C@@H](Sc1nnc(Cc2ccccc2)n1C)C(=O)c1ccc(Br)cc1. The van der Waals surface area contributed by atoms with E-state index in [0.717, 1.165) is 21.9 Å². The number of hydrogen-bond donors (Lipinski definition) is 0. The largest absolute Gasteiger partial charge is 0.309 e. The summed E-state index contributed by atoms with van der Waals surface area (Å²) in [6.07, 6.45) is 0.722. The normalized spacial score (nSPS) is 12.1. The molecule has 0 bridgehead atoms. The highest BCUT2D eigenvalue weighted by molar-refractivity contribution is 9.10. The lowest BCUT2D eigenvalue weighted by molar-refractivity contribution is 0.0994. The molecule has 0 unspecified atom stereocenters. The van der Waals surface area contributed by atoms with Gasteiger partial charge in [-0.05, 0) is 24.6 Å². The number of rotatable bonds is 6. The third kappa shape index (κ3) is 4.38. The molecule has 128 valence electrons. The smallest absolute Gasteiger partial charge is 0.191 e. The van der Waals surface area contributed by atoms with Crippen LogP contribution in [0.25, 0.3) is 0 Å². The van der Waals surface area contributed by atoms with Crippen LogP contribution in [0.2, 0.25) is 0 Å². The van der Waals surface area contributed by atoms with Gasteiger partial charge < -0.3 is 4.57 Å². The second-order valence-corrected chi connectivity index (χ2v) is 7.98. The van der Waals surface area contributed by atoms with Crippen molar-refractivity contribution < 1.29 is 4.79 Å². The maximum absolute atomic E-state index is 12.6. The van der Waals surface area contributed by atoms with Crippen LogP contribution in [0.4, 0.5) is 0 Å². The van der Waals surface area contributed by atoms with Crippen LogP contribution < -0.4 is 0 Å². The zero-order valence-corrected chi connectivity index (χ0v) is 16.4. The molecule has 2 aromatic carbocycles. The summed E-state index contributed by atoms with van der Waals surface area (Å²) in [6, 6.07) is 17.6. The molecule has 6 heteroatoms. The number of halogens is 1. The van der Waals surface area contributed by atoms with Gasteiger partial charge in [0.15, 0.2) is 10.9 Å². The van der Waals surface area contributed by atoms with Crippen molar-refractivity contribution in [3.63, 3.8) is 0 Å². The fourth-order valence-corrected chi connectivity index (χ4v) is 3.62. The topological polar surface area (TPSA) is 47.8 Å². The summed E-state index contributed by atoms with van der Waals surface area (Å²) in [5, 5.41) is 9.07. The van der Waals surface area contributed by atoms with Gasteiger partial charge in [-0.15, -0.1) is 10.2 Å². The highest BCUT2D eigenvalue weighted by Gasteiger charge is 2.20. The van der Waals surface area contributed by atoms with Gasteiger partial charge in [0.25, 0.3) is 0 Å². The van der Waals surface area contributed by atoms with Crippen molar-refractivity contribution in [1.82, 2.24) is 14.8 Å². The van der Waals surface area contributed by atoms with Crippen LogP contribution in [0, 0.1) is 0 Å². The molecule has 4 nitrogen and oxygen atoms in total. The summed E-state index contributed by atoms with van der Waals surface area (Å²) in [7, 11) is 1.94. The first-order valence-corrected chi connectivity index (χ1v) is 9.60. The van der Waals surface area contributed by atoms with Crippen LogP contribution in [0.15, 0.2) is 64.2 Å². The van der Waals surface area contributed by atoms with Gasteiger partial charge in [0, 0.05) is 23.5 Å². The molecule has 0 aliphatic carbocycles. The molecule has 1 atom stereocenters. The van der Waals surface area contributed by atoms with Gasteiger partial charge in [-0.2, -0.15) is 0 Å².